The van der Waals surface area contributed by atoms with Crippen LogP contribution in [0.3, 0.4) is 0 Å². The van der Waals surface area contributed by atoms with Gasteiger partial charge in [-0.25, -0.2) is 22.8 Å². The van der Waals surface area contributed by atoms with E-state index in [1.54, 1.807) is 16.8 Å². The summed E-state index contributed by atoms with van der Waals surface area (Å²) in [6, 6.07) is 0. The molecular formula is C23H33FN8O3S2. The van der Waals surface area contributed by atoms with Gasteiger partial charge in [-0.3, -0.25) is 4.90 Å². The summed E-state index contributed by atoms with van der Waals surface area (Å²) in [5.41, 5.74) is 1.01. The Kier molecular flexibility index (Phi) is 9.43. The number of rotatable bonds is 11. The van der Waals surface area contributed by atoms with Crippen molar-refractivity contribution in [1.82, 2.24) is 28.6 Å². The van der Waals surface area contributed by atoms with E-state index >= 15 is 0 Å². The summed E-state index contributed by atoms with van der Waals surface area (Å²) in [4.78, 5) is 15.3. The zero-order chi connectivity index (χ0) is 26.3. The Morgan fingerprint density at radius 2 is 1.92 bits per heavy atom. The number of hydrogen-bond donors (Lipinski definition) is 1. The minimum absolute atomic E-state index is 0.304. The lowest BCUT2D eigenvalue weighted by atomic mass is 10.3. The summed E-state index contributed by atoms with van der Waals surface area (Å²) in [5.74, 6) is -0.646. The van der Waals surface area contributed by atoms with Crippen molar-refractivity contribution >= 4 is 32.7 Å². The first-order valence-corrected chi connectivity index (χ1v) is 14.4. The minimum atomic E-state index is -3.57. The molecule has 0 atom stereocenters. The summed E-state index contributed by atoms with van der Waals surface area (Å²) in [7, 11) is -1.48. The number of hydrogen-bond acceptors (Lipinski definition) is 10. The number of halogens is 1. The van der Waals surface area contributed by atoms with Crippen molar-refractivity contribution in [2.45, 2.75) is 17.3 Å². The summed E-state index contributed by atoms with van der Waals surface area (Å²) >= 11 is 1.26. The molecule has 1 N–H and O–H groups in total. The van der Waals surface area contributed by atoms with E-state index in [1.165, 1.54) is 29.9 Å². The van der Waals surface area contributed by atoms with Gasteiger partial charge in [-0.1, -0.05) is 11.3 Å². The number of allylic oxidation sites excluding steroid dienone is 3. The molecule has 0 unspecified atom stereocenters. The van der Waals surface area contributed by atoms with Crippen molar-refractivity contribution in [3.8, 4) is 0 Å². The van der Waals surface area contributed by atoms with Crippen LogP contribution in [0.4, 0.5) is 9.52 Å². The summed E-state index contributed by atoms with van der Waals surface area (Å²) in [5, 5.41) is 7.55. The first-order chi connectivity index (χ1) is 17.9. The van der Waals surface area contributed by atoms with Gasteiger partial charge in [0.05, 0.1) is 37.2 Å². The largest absolute Gasteiger partial charge is 0.499 e. The van der Waals surface area contributed by atoms with Crippen molar-refractivity contribution in [2.75, 3.05) is 70.9 Å². The molecule has 0 aliphatic carbocycles. The fourth-order valence-corrected chi connectivity index (χ4v) is 6.88. The maximum Gasteiger partial charge on any atom is 0.254 e. The number of likely N-dealkylation sites (N-methyl/N-ethyl adjacent to an activating group) is 1. The first-order valence-electron chi connectivity index (χ1n) is 12.1. The van der Waals surface area contributed by atoms with Gasteiger partial charge in [0.1, 0.15) is 12.4 Å². The predicted molar refractivity (Wildman–Crippen MR) is 141 cm³/mol. The molecule has 0 aromatic carbocycles. The SMILES string of the molecule is CN1CCN(c2ncc(S(=O)(=O)N3CCN(Cc4cncn4CCO/C=C/C=C(/F)C=N)CC3)s2)CC1. The molecule has 37 heavy (non-hydrogen) atoms. The van der Waals surface area contributed by atoms with Gasteiger partial charge >= 0.3 is 0 Å². The van der Waals surface area contributed by atoms with E-state index < -0.39 is 15.9 Å². The van der Waals surface area contributed by atoms with Crippen LogP contribution >= 0.6 is 11.3 Å². The second-order valence-corrected chi connectivity index (χ2v) is 12.1. The maximum atomic E-state index is 13.2. The van der Waals surface area contributed by atoms with Gasteiger partial charge in [0.15, 0.2) is 9.34 Å². The highest BCUT2D eigenvalue weighted by molar-refractivity contribution is 7.91. The van der Waals surface area contributed by atoms with Crippen LogP contribution in [0.2, 0.25) is 0 Å². The lowest BCUT2D eigenvalue weighted by molar-refractivity contribution is 0.176. The first kappa shape index (κ1) is 27.4. The Hall–Kier alpha value is -2.65. The Bertz CT molecular complexity index is 1200. The molecule has 14 heteroatoms. The summed E-state index contributed by atoms with van der Waals surface area (Å²) < 4.78 is 48.6. The number of thiazole rings is 1. The number of anilines is 1. The van der Waals surface area contributed by atoms with Gasteiger partial charge in [0.25, 0.3) is 10.0 Å². The Labute approximate surface area is 221 Å². The van der Waals surface area contributed by atoms with E-state index in [9.17, 15) is 12.8 Å². The molecule has 0 saturated carbocycles. The fourth-order valence-electron chi connectivity index (χ4n) is 4.13. The highest BCUT2D eigenvalue weighted by atomic mass is 32.2. The number of aromatic nitrogens is 3. The van der Waals surface area contributed by atoms with Gasteiger partial charge < -0.3 is 24.5 Å². The number of ether oxygens (including phenoxy) is 1. The highest BCUT2D eigenvalue weighted by Crippen LogP contribution is 2.29. The quantitative estimate of drug-likeness (QED) is 0.194. The van der Waals surface area contributed by atoms with Crippen LogP contribution < -0.4 is 4.90 Å². The maximum absolute atomic E-state index is 13.2. The van der Waals surface area contributed by atoms with E-state index in [0.717, 1.165) is 43.1 Å². The molecule has 2 saturated heterocycles. The van der Waals surface area contributed by atoms with Crippen molar-refractivity contribution in [3.63, 3.8) is 0 Å². The number of imidazole rings is 1. The van der Waals surface area contributed by atoms with Crippen molar-refractivity contribution in [3.05, 3.63) is 48.7 Å². The number of piperazine rings is 2. The van der Waals surface area contributed by atoms with Crippen LogP contribution in [0.5, 0.6) is 0 Å². The fraction of sp³-hybridized carbons (Fsp3) is 0.522. The second kappa shape index (κ2) is 12.7. The van der Waals surface area contributed by atoms with Gasteiger partial charge in [-0.2, -0.15) is 4.31 Å². The van der Waals surface area contributed by atoms with E-state index in [1.807, 2.05) is 4.57 Å². The average Bonchev–Trinajstić information content (AvgIpc) is 3.57. The molecule has 2 aromatic heterocycles. The number of nitrogens with zero attached hydrogens (tertiary/aromatic N) is 7. The Morgan fingerprint density at radius 1 is 1.16 bits per heavy atom. The molecule has 4 rings (SSSR count). The molecule has 0 radical (unpaired) electrons. The third kappa shape index (κ3) is 7.23. The van der Waals surface area contributed by atoms with Gasteiger partial charge in [-0.15, -0.1) is 0 Å². The van der Waals surface area contributed by atoms with Crippen LogP contribution in [-0.2, 0) is 27.8 Å². The molecule has 11 nitrogen and oxygen atoms in total. The molecule has 2 aromatic rings. The van der Waals surface area contributed by atoms with Crippen LogP contribution in [0.25, 0.3) is 0 Å². The Balaban J connectivity index is 1.25. The molecule has 0 amide bonds. The third-order valence-corrected chi connectivity index (χ3v) is 9.77. The van der Waals surface area contributed by atoms with Crippen LogP contribution in [0.15, 0.2) is 47.2 Å². The molecule has 4 heterocycles. The van der Waals surface area contributed by atoms with Crippen LogP contribution in [0, 0.1) is 5.41 Å². The Morgan fingerprint density at radius 3 is 2.65 bits per heavy atom. The zero-order valence-corrected chi connectivity index (χ0v) is 22.5. The molecule has 0 bridgehead atoms. The molecule has 2 fully saturated rings. The van der Waals surface area contributed by atoms with Crippen molar-refractivity contribution < 1.29 is 17.5 Å². The summed E-state index contributed by atoms with van der Waals surface area (Å²) in [6.45, 7) is 7.30. The van der Waals surface area contributed by atoms with Crippen LogP contribution in [-0.4, -0.2) is 109 Å². The van der Waals surface area contributed by atoms with Gasteiger partial charge in [-0.05, 0) is 19.2 Å². The number of nitrogens with one attached hydrogen (secondary N) is 1. The van der Waals surface area contributed by atoms with Gasteiger partial charge in [0, 0.05) is 65.1 Å². The highest BCUT2D eigenvalue weighted by Gasteiger charge is 2.31. The van der Waals surface area contributed by atoms with Gasteiger partial charge in [0.2, 0.25) is 0 Å². The summed E-state index contributed by atoms with van der Waals surface area (Å²) in [6.07, 6.45) is 9.60. The van der Waals surface area contributed by atoms with Crippen LogP contribution in [0.1, 0.15) is 5.69 Å². The second-order valence-electron chi connectivity index (χ2n) is 8.91. The molecule has 202 valence electrons. The van der Waals surface area contributed by atoms with Crippen molar-refractivity contribution in [1.29, 1.82) is 5.41 Å². The van der Waals surface area contributed by atoms with E-state index in [-0.39, 0.29) is 0 Å². The predicted octanol–water partition coefficient (Wildman–Crippen LogP) is 1.63. The number of sulfonamides is 1. The molecule has 0 spiro atoms. The topological polar surface area (TPSA) is 111 Å². The average molecular weight is 553 g/mol. The minimum Gasteiger partial charge on any atom is -0.499 e. The normalized spacial score (nSPS) is 19.1. The standard InChI is InChI=1S/C23H33FN8O3S2/c1-28-4-8-30(9-5-28)23-27-17-22(36-23)37(33,34)32-10-6-29(7-11-32)18-21-16-26-19-31(21)12-14-35-13-2-3-20(24)15-25/h2-3,13,15-17,19,25H,4-12,14,18H2,1H3/b13-2+,20-3+,25-15?. The lowest BCUT2D eigenvalue weighted by Crippen LogP contribution is -2.48. The van der Waals surface area contributed by atoms with E-state index in [2.05, 4.69) is 31.7 Å². The monoisotopic (exact) mass is 552 g/mol. The smallest absolute Gasteiger partial charge is 0.254 e. The van der Waals surface area contributed by atoms with E-state index in [0.29, 0.717) is 56.3 Å². The van der Waals surface area contributed by atoms with Crippen molar-refractivity contribution in [2.24, 2.45) is 0 Å². The molecule has 2 aliphatic rings. The molecular weight excluding hydrogens is 519 g/mol. The van der Waals surface area contributed by atoms with E-state index in [4.69, 9.17) is 10.1 Å². The molecule has 2 aliphatic heterocycles. The third-order valence-electron chi connectivity index (χ3n) is 6.37. The lowest BCUT2D eigenvalue weighted by Gasteiger charge is -2.33. The zero-order valence-electron chi connectivity index (χ0n) is 20.9.